The van der Waals surface area contributed by atoms with Crippen LogP contribution in [0.15, 0.2) is 36.5 Å². The van der Waals surface area contributed by atoms with E-state index in [4.69, 9.17) is 0 Å². The van der Waals surface area contributed by atoms with Gasteiger partial charge in [-0.15, -0.1) is 0 Å². The molecule has 0 bridgehead atoms. The highest BCUT2D eigenvalue weighted by Crippen LogP contribution is 2.14. The van der Waals surface area contributed by atoms with Crippen molar-refractivity contribution in [1.82, 2.24) is 25.1 Å². The molecule has 0 unspecified atom stereocenters. The van der Waals surface area contributed by atoms with E-state index in [0.29, 0.717) is 0 Å². The number of imidazole rings is 1. The second kappa shape index (κ2) is 5.24. The Balaban J connectivity index is 1.63. The number of aromatic nitrogens is 4. The SMILES string of the molecule is Cc1nc2ccccc2n1CCNCc1ccn[nH]1. The number of fused-ring (bicyclic) bond motifs is 1. The van der Waals surface area contributed by atoms with Crippen molar-refractivity contribution in [3.63, 3.8) is 0 Å². The highest BCUT2D eigenvalue weighted by Gasteiger charge is 2.05. The van der Waals surface area contributed by atoms with E-state index in [-0.39, 0.29) is 0 Å². The van der Waals surface area contributed by atoms with Gasteiger partial charge in [0.2, 0.25) is 0 Å². The number of para-hydroxylation sites is 2. The van der Waals surface area contributed by atoms with Gasteiger partial charge in [0.05, 0.1) is 11.0 Å². The zero-order valence-electron chi connectivity index (χ0n) is 10.9. The molecule has 5 heteroatoms. The van der Waals surface area contributed by atoms with E-state index in [9.17, 15) is 0 Å². The number of hydrogen-bond acceptors (Lipinski definition) is 3. The largest absolute Gasteiger partial charge is 0.327 e. The number of rotatable bonds is 5. The number of nitrogens with zero attached hydrogens (tertiary/aromatic N) is 3. The smallest absolute Gasteiger partial charge is 0.106 e. The van der Waals surface area contributed by atoms with Crippen LogP contribution < -0.4 is 5.32 Å². The summed E-state index contributed by atoms with van der Waals surface area (Å²) in [6.07, 6.45) is 1.77. The summed E-state index contributed by atoms with van der Waals surface area (Å²) in [6, 6.07) is 10.2. The van der Waals surface area contributed by atoms with Gasteiger partial charge in [0.25, 0.3) is 0 Å². The van der Waals surface area contributed by atoms with Crippen LogP contribution in [-0.4, -0.2) is 26.3 Å². The maximum Gasteiger partial charge on any atom is 0.106 e. The molecule has 0 aliphatic heterocycles. The van der Waals surface area contributed by atoms with E-state index in [0.717, 1.165) is 36.7 Å². The molecule has 2 heterocycles. The molecule has 0 fully saturated rings. The fourth-order valence-corrected chi connectivity index (χ4v) is 2.28. The molecule has 2 aromatic heterocycles. The monoisotopic (exact) mass is 255 g/mol. The quantitative estimate of drug-likeness (QED) is 0.684. The molecule has 3 rings (SSSR count). The molecule has 0 saturated heterocycles. The van der Waals surface area contributed by atoms with Crippen molar-refractivity contribution < 1.29 is 0 Å². The average Bonchev–Trinajstić information content (AvgIpc) is 3.02. The van der Waals surface area contributed by atoms with Crippen LogP contribution >= 0.6 is 0 Å². The van der Waals surface area contributed by atoms with Gasteiger partial charge in [0.15, 0.2) is 0 Å². The second-order valence-corrected chi connectivity index (χ2v) is 4.56. The lowest BCUT2D eigenvalue weighted by Crippen LogP contribution is -2.20. The van der Waals surface area contributed by atoms with Crippen LogP contribution in [0.3, 0.4) is 0 Å². The molecule has 5 nitrogen and oxygen atoms in total. The molecule has 0 aliphatic rings. The molecule has 3 aromatic rings. The molecular formula is C14H17N5. The van der Waals surface area contributed by atoms with Crippen LogP contribution in [0.1, 0.15) is 11.5 Å². The maximum atomic E-state index is 4.56. The van der Waals surface area contributed by atoms with Gasteiger partial charge < -0.3 is 9.88 Å². The third-order valence-corrected chi connectivity index (χ3v) is 3.23. The minimum Gasteiger partial charge on any atom is -0.327 e. The summed E-state index contributed by atoms with van der Waals surface area (Å²) in [6.45, 7) is 4.68. The Hall–Kier alpha value is -2.14. The first-order chi connectivity index (χ1) is 9.34. The average molecular weight is 255 g/mol. The van der Waals surface area contributed by atoms with Gasteiger partial charge in [0, 0.05) is 31.5 Å². The van der Waals surface area contributed by atoms with E-state index < -0.39 is 0 Å². The molecule has 1 aromatic carbocycles. The topological polar surface area (TPSA) is 58.5 Å². The van der Waals surface area contributed by atoms with Crippen molar-refractivity contribution >= 4 is 11.0 Å². The number of benzene rings is 1. The first-order valence-electron chi connectivity index (χ1n) is 6.45. The molecule has 0 amide bonds. The Labute approximate surface area is 111 Å². The Morgan fingerprint density at radius 3 is 3.00 bits per heavy atom. The lowest BCUT2D eigenvalue weighted by Gasteiger charge is -2.07. The summed E-state index contributed by atoms with van der Waals surface area (Å²) >= 11 is 0. The summed E-state index contributed by atoms with van der Waals surface area (Å²) in [5.41, 5.74) is 3.36. The molecule has 0 saturated carbocycles. The van der Waals surface area contributed by atoms with Crippen LogP contribution in [0, 0.1) is 6.92 Å². The van der Waals surface area contributed by atoms with Crippen LogP contribution in [0.4, 0.5) is 0 Å². The Morgan fingerprint density at radius 2 is 2.16 bits per heavy atom. The first kappa shape index (κ1) is 11.9. The molecule has 0 aliphatic carbocycles. The number of hydrogen-bond donors (Lipinski definition) is 2. The van der Waals surface area contributed by atoms with E-state index >= 15 is 0 Å². The Morgan fingerprint density at radius 1 is 1.26 bits per heavy atom. The van der Waals surface area contributed by atoms with Crippen LogP contribution in [0.5, 0.6) is 0 Å². The summed E-state index contributed by atoms with van der Waals surface area (Å²) in [7, 11) is 0. The predicted octanol–water partition coefficient (Wildman–Crippen LogP) is 1.86. The standard InChI is InChI=1S/C14H17N5/c1-11-17-13-4-2-3-5-14(13)19(11)9-8-15-10-12-6-7-16-18-12/h2-7,15H,8-10H2,1H3,(H,16,18). The Kier molecular flexibility index (Phi) is 3.29. The van der Waals surface area contributed by atoms with Gasteiger partial charge in [-0.05, 0) is 25.1 Å². The zero-order chi connectivity index (χ0) is 13.1. The van der Waals surface area contributed by atoms with E-state index in [1.54, 1.807) is 6.20 Å². The molecule has 0 spiro atoms. The number of H-pyrrole nitrogens is 1. The van der Waals surface area contributed by atoms with E-state index in [1.165, 1.54) is 5.52 Å². The van der Waals surface area contributed by atoms with Crippen molar-refractivity contribution in [2.45, 2.75) is 20.0 Å². The van der Waals surface area contributed by atoms with Gasteiger partial charge in [-0.25, -0.2) is 4.98 Å². The molecule has 0 radical (unpaired) electrons. The minimum absolute atomic E-state index is 0.811. The normalized spacial score (nSPS) is 11.2. The summed E-state index contributed by atoms with van der Waals surface area (Å²) < 4.78 is 2.25. The van der Waals surface area contributed by atoms with Gasteiger partial charge in [-0.1, -0.05) is 12.1 Å². The molecule has 2 N–H and O–H groups in total. The van der Waals surface area contributed by atoms with Crippen molar-refractivity contribution in [2.75, 3.05) is 6.54 Å². The van der Waals surface area contributed by atoms with Gasteiger partial charge in [-0.2, -0.15) is 5.10 Å². The van der Waals surface area contributed by atoms with Crippen molar-refractivity contribution in [3.05, 3.63) is 48.0 Å². The van der Waals surface area contributed by atoms with Crippen LogP contribution in [0.25, 0.3) is 11.0 Å². The maximum absolute atomic E-state index is 4.56. The number of aromatic amines is 1. The minimum atomic E-state index is 0.811. The molecule has 98 valence electrons. The summed E-state index contributed by atoms with van der Waals surface area (Å²) in [5.74, 6) is 1.06. The van der Waals surface area contributed by atoms with Crippen molar-refractivity contribution in [2.24, 2.45) is 0 Å². The lowest BCUT2D eigenvalue weighted by molar-refractivity contribution is 0.591. The lowest BCUT2D eigenvalue weighted by atomic mass is 10.3. The third kappa shape index (κ3) is 2.51. The summed E-state index contributed by atoms with van der Waals surface area (Å²) in [4.78, 5) is 4.56. The predicted molar refractivity (Wildman–Crippen MR) is 74.8 cm³/mol. The molecule has 0 atom stereocenters. The molecule has 19 heavy (non-hydrogen) atoms. The Bertz CT molecular complexity index is 654. The van der Waals surface area contributed by atoms with Crippen LogP contribution in [0.2, 0.25) is 0 Å². The highest BCUT2D eigenvalue weighted by atomic mass is 15.1. The molecular weight excluding hydrogens is 238 g/mol. The highest BCUT2D eigenvalue weighted by molar-refractivity contribution is 5.75. The van der Waals surface area contributed by atoms with Crippen LogP contribution in [-0.2, 0) is 13.1 Å². The van der Waals surface area contributed by atoms with Gasteiger partial charge in [-0.3, -0.25) is 5.10 Å². The van der Waals surface area contributed by atoms with E-state index in [1.807, 2.05) is 12.1 Å². The third-order valence-electron chi connectivity index (χ3n) is 3.23. The fourth-order valence-electron chi connectivity index (χ4n) is 2.28. The second-order valence-electron chi connectivity index (χ2n) is 4.56. The number of aryl methyl sites for hydroxylation is 1. The number of nitrogens with one attached hydrogen (secondary N) is 2. The summed E-state index contributed by atoms with van der Waals surface area (Å²) in [5, 5.41) is 10.3. The van der Waals surface area contributed by atoms with Gasteiger partial charge >= 0.3 is 0 Å². The van der Waals surface area contributed by atoms with Gasteiger partial charge in [0.1, 0.15) is 5.82 Å². The van der Waals surface area contributed by atoms with Crippen molar-refractivity contribution in [1.29, 1.82) is 0 Å². The fraction of sp³-hybridized carbons (Fsp3) is 0.286. The van der Waals surface area contributed by atoms with E-state index in [2.05, 4.69) is 50.2 Å². The zero-order valence-corrected chi connectivity index (χ0v) is 10.9. The first-order valence-corrected chi connectivity index (χ1v) is 6.45. The van der Waals surface area contributed by atoms with Crippen molar-refractivity contribution in [3.8, 4) is 0 Å².